The van der Waals surface area contributed by atoms with Gasteiger partial charge in [-0.2, -0.15) is 26.3 Å². The summed E-state index contributed by atoms with van der Waals surface area (Å²) >= 11 is 13.7. The highest BCUT2D eigenvalue weighted by molar-refractivity contribution is 9.11. The van der Waals surface area contributed by atoms with Crippen molar-refractivity contribution >= 4 is 97.8 Å². The third-order valence-corrected chi connectivity index (χ3v) is 11.1. The van der Waals surface area contributed by atoms with E-state index in [1.54, 1.807) is 121 Å². The molecular weight excluding hydrogens is 954 g/mol. The van der Waals surface area contributed by atoms with Crippen LogP contribution >= 0.6 is 63.7 Å². The van der Waals surface area contributed by atoms with Crippen LogP contribution in [0.2, 0.25) is 0 Å². The highest BCUT2D eigenvalue weighted by Crippen LogP contribution is 2.58. The van der Waals surface area contributed by atoms with Crippen molar-refractivity contribution in [3.8, 4) is 0 Å². The fourth-order valence-corrected chi connectivity index (χ4v) is 7.42. The second-order valence-electron chi connectivity index (χ2n) is 12.3. The Bertz CT molecular complexity index is 1970. The Morgan fingerprint density at radius 3 is 0.849 bits per heavy atom. The van der Waals surface area contributed by atoms with Gasteiger partial charge in [0.15, 0.2) is 0 Å². The molecule has 0 saturated carbocycles. The molecule has 272 valence electrons. The molecule has 0 atom stereocenters. The van der Waals surface area contributed by atoms with Crippen LogP contribution in [-0.2, 0) is 5.41 Å². The number of benzene rings is 6. The second kappa shape index (κ2) is 15.3. The molecule has 0 heterocycles. The van der Waals surface area contributed by atoms with Crippen molar-refractivity contribution in [1.29, 1.82) is 0 Å². The van der Waals surface area contributed by atoms with E-state index in [2.05, 4.69) is 63.7 Å². The van der Waals surface area contributed by atoms with Gasteiger partial charge in [-0.05, 0) is 145 Å². The smallest absolute Gasteiger partial charge is 0.310 e. The monoisotopic (exact) mass is 978 g/mol. The molecule has 0 radical (unpaired) electrons. The van der Waals surface area contributed by atoms with Crippen LogP contribution in [0.15, 0.2) is 151 Å². The maximum atomic E-state index is 15.8. The molecule has 6 aromatic carbocycles. The first-order valence-corrected chi connectivity index (χ1v) is 19.2. The summed E-state index contributed by atoms with van der Waals surface area (Å²) in [5.74, 6) is 0. The number of halogens is 10. The molecule has 0 aromatic heterocycles. The molecule has 0 amide bonds. The molecule has 0 fully saturated rings. The van der Waals surface area contributed by atoms with E-state index < -0.39 is 28.9 Å². The molecule has 0 spiro atoms. The number of hydrogen-bond donors (Lipinski definition) is 0. The van der Waals surface area contributed by atoms with E-state index in [0.29, 0.717) is 33.9 Å². The summed E-state index contributed by atoms with van der Waals surface area (Å²) in [6.45, 7) is 3.32. The largest absolute Gasteiger partial charge is 0.411 e. The summed E-state index contributed by atoms with van der Waals surface area (Å²) in [5, 5.41) is 0. The van der Waals surface area contributed by atoms with Crippen LogP contribution < -0.4 is 9.80 Å². The maximum absolute atomic E-state index is 15.8. The minimum atomic E-state index is -5.82. The van der Waals surface area contributed by atoms with Crippen molar-refractivity contribution < 1.29 is 26.3 Å². The number of rotatable bonds is 8. The van der Waals surface area contributed by atoms with Crippen molar-refractivity contribution in [2.24, 2.45) is 0 Å². The van der Waals surface area contributed by atoms with Gasteiger partial charge in [0, 0.05) is 52.0 Å². The Balaban J connectivity index is 1.63. The summed E-state index contributed by atoms with van der Waals surface area (Å²) in [4.78, 5) is 3.30. The molecular formula is C41H28Br4F6N2. The van der Waals surface area contributed by atoms with E-state index in [4.69, 9.17) is 0 Å². The predicted molar refractivity (Wildman–Crippen MR) is 215 cm³/mol. The summed E-state index contributed by atoms with van der Waals surface area (Å²) in [6, 6.07) is 34.5. The maximum Gasteiger partial charge on any atom is 0.411 e. The van der Waals surface area contributed by atoms with Gasteiger partial charge < -0.3 is 9.80 Å². The third-order valence-electron chi connectivity index (χ3n) is 8.96. The van der Waals surface area contributed by atoms with E-state index in [-0.39, 0.29) is 11.4 Å². The standard InChI is InChI=1S/C41H28Br4F6N2/c1-25-3-5-27(23-37(25)52(33-15-7-29(42)8-16-33)34-17-9-30(43)10-18-34)39(40(46,47)48,41(49,50)51)28-6-4-26(2)38(24-28)53(35-19-11-31(44)12-20-35)36-21-13-32(45)14-22-36/h3-24H,1-2H3. The molecule has 53 heavy (non-hydrogen) atoms. The molecule has 6 aromatic rings. The lowest BCUT2D eigenvalue weighted by atomic mass is 9.72. The summed E-state index contributed by atoms with van der Waals surface area (Å²) in [7, 11) is 0. The molecule has 0 aliphatic heterocycles. The molecule has 2 nitrogen and oxygen atoms in total. The van der Waals surface area contributed by atoms with Gasteiger partial charge in [-0.1, -0.05) is 88.0 Å². The molecule has 0 saturated heterocycles. The Labute approximate surface area is 337 Å². The lowest BCUT2D eigenvalue weighted by Crippen LogP contribution is -2.54. The summed E-state index contributed by atoms with van der Waals surface area (Å²) in [6.07, 6.45) is -11.6. The Hall–Kier alpha value is -3.58. The van der Waals surface area contributed by atoms with Crippen LogP contribution in [0, 0.1) is 13.8 Å². The molecule has 0 bridgehead atoms. The normalized spacial score (nSPS) is 12.2. The quantitative estimate of drug-likeness (QED) is 0.140. The van der Waals surface area contributed by atoms with Gasteiger partial charge in [-0.25, -0.2) is 0 Å². The topological polar surface area (TPSA) is 6.48 Å². The van der Waals surface area contributed by atoms with Crippen LogP contribution in [-0.4, -0.2) is 12.4 Å². The second-order valence-corrected chi connectivity index (χ2v) is 16.0. The lowest BCUT2D eigenvalue weighted by Gasteiger charge is -2.40. The van der Waals surface area contributed by atoms with E-state index in [9.17, 15) is 0 Å². The molecule has 12 heteroatoms. The average Bonchev–Trinajstić information content (AvgIpc) is 3.10. The van der Waals surface area contributed by atoms with E-state index in [1.807, 2.05) is 0 Å². The zero-order valence-electron chi connectivity index (χ0n) is 27.9. The fourth-order valence-electron chi connectivity index (χ4n) is 6.36. The fraction of sp³-hybridized carbons (Fsp3) is 0.122. The van der Waals surface area contributed by atoms with Crippen molar-refractivity contribution in [2.75, 3.05) is 9.80 Å². The zero-order valence-corrected chi connectivity index (χ0v) is 34.2. The van der Waals surface area contributed by atoms with Crippen molar-refractivity contribution in [3.63, 3.8) is 0 Å². The average molecular weight is 982 g/mol. The van der Waals surface area contributed by atoms with Gasteiger partial charge in [0.2, 0.25) is 5.41 Å². The van der Waals surface area contributed by atoms with Crippen LogP contribution in [0.4, 0.5) is 60.5 Å². The first-order valence-electron chi connectivity index (χ1n) is 16.0. The van der Waals surface area contributed by atoms with Crippen LogP contribution in [0.1, 0.15) is 22.3 Å². The molecule has 0 aliphatic carbocycles. The van der Waals surface area contributed by atoms with Gasteiger partial charge in [0.05, 0.1) is 0 Å². The lowest BCUT2D eigenvalue weighted by molar-refractivity contribution is -0.288. The van der Waals surface area contributed by atoms with E-state index >= 15 is 26.3 Å². The van der Waals surface area contributed by atoms with Gasteiger partial charge >= 0.3 is 12.4 Å². The van der Waals surface area contributed by atoms with Crippen LogP contribution in [0.5, 0.6) is 0 Å². The summed E-state index contributed by atoms with van der Waals surface area (Å²) < 4.78 is 97.9. The minimum absolute atomic E-state index is 0.156. The minimum Gasteiger partial charge on any atom is -0.310 e. The predicted octanol–water partition coefficient (Wildman–Crippen LogP) is 15.7. The van der Waals surface area contributed by atoms with Crippen molar-refractivity contribution in [2.45, 2.75) is 31.6 Å². The van der Waals surface area contributed by atoms with Crippen LogP contribution in [0.25, 0.3) is 0 Å². The third kappa shape index (κ3) is 7.70. The Kier molecular flexibility index (Phi) is 11.3. The number of alkyl halides is 6. The number of anilines is 6. The van der Waals surface area contributed by atoms with Gasteiger partial charge in [0.1, 0.15) is 0 Å². The van der Waals surface area contributed by atoms with Crippen molar-refractivity contribution in [1.82, 2.24) is 0 Å². The first kappa shape index (κ1) is 39.1. The number of nitrogens with zero attached hydrogens (tertiary/aromatic N) is 2. The Morgan fingerprint density at radius 2 is 0.623 bits per heavy atom. The zero-order chi connectivity index (χ0) is 38.3. The Morgan fingerprint density at radius 1 is 0.377 bits per heavy atom. The highest BCUT2D eigenvalue weighted by atomic mass is 79.9. The van der Waals surface area contributed by atoms with Gasteiger partial charge in [-0.3, -0.25) is 0 Å². The highest BCUT2D eigenvalue weighted by Gasteiger charge is 2.72. The molecule has 0 N–H and O–H groups in total. The first-order chi connectivity index (χ1) is 25.0. The van der Waals surface area contributed by atoms with E-state index in [1.165, 1.54) is 12.1 Å². The molecule has 0 aliphatic rings. The number of aryl methyl sites for hydroxylation is 2. The van der Waals surface area contributed by atoms with E-state index in [0.717, 1.165) is 42.2 Å². The van der Waals surface area contributed by atoms with Crippen molar-refractivity contribution in [3.05, 3.63) is 174 Å². The summed E-state index contributed by atoms with van der Waals surface area (Å²) in [5.41, 5.74) is -2.94. The van der Waals surface area contributed by atoms with Gasteiger partial charge in [-0.15, -0.1) is 0 Å². The molecule has 0 unspecified atom stereocenters. The number of hydrogen-bond acceptors (Lipinski definition) is 2. The SMILES string of the molecule is Cc1ccc(C(c2ccc(C)c(N(c3ccc(Br)cc3)c3ccc(Br)cc3)c2)(C(F)(F)F)C(F)(F)F)cc1N(c1ccc(Br)cc1)c1ccc(Br)cc1. The van der Waals surface area contributed by atoms with Crippen LogP contribution in [0.3, 0.4) is 0 Å². The molecule has 6 rings (SSSR count). The van der Waals surface area contributed by atoms with Gasteiger partial charge in [0.25, 0.3) is 0 Å².